The molecular formula is C12H25NS. The Bertz CT molecular complexity index is 132. The molecule has 1 saturated carbocycles. The first-order chi connectivity index (χ1) is 6.84. The van der Waals surface area contributed by atoms with Crippen LogP contribution in [-0.2, 0) is 0 Å². The highest BCUT2D eigenvalue weighted by atomic mass is 32.2. The van der Waals surface area contributed by atoms with E-state index in [0.717, 1.165) is 12.0 Å². The van der Waals surface area contributed by atoms with Crippen LogP contribution in [0.25, 0.3) is 0 Å². The summed E-state index contributed by atoms with van der Waals surface area (Å²) >= 11 is 2.05. The molecule has 0 heterocycles. The molecule has 1 nitrogen and oxygen atoms in total. The van der Waals surface area contributed by atoms with Crippen LogP contribution < -0.4 is 5.32 Å². The van der Waals surface area contributed by atoms with E-state index in [2.05, 4.69) is 30.9 Å². The molecule has 1 aliphatic carbocycles. The van der Waals surface area contributed by atoms with Crippen molar-refractivity contribution in [3.05, 3.63) is 0 Å². The van der Waals surface area contributed by atoms with Crippen molar-refractivity contribution in [2.45, 2.75) is 52.0 Å². The largest absolute Gasteiger partial charge is 0.314 e. The summed E-state index contributed by atoms with van der Waals surface area (Å²) in [6.07, 6.45) is 7.16. The van der Waals surface area contributed by atoms with Gasteiger partial charge in [0.1, 0.15) is 0 Å². The lowest BCUT2D eigenvalue weighted by Gasteiger charge is -2.20. The Morgan fingerprint density at radius 1 is 1.36 bits per heavy atom. The molecule has 1 aliphatic rings. The van der Waals surface area contributed by atoms with Gasteiger partial charge in [-0.3, -0.25) is 0 Å². The van der Waals surface area contributed by atoms with E-state index in [-0.39, 0.29) is 0 Å². The van der Waals surface area contributed by atoms with E-state index < -0.39 is 0 Å². The van der Waals surface area contributed by atoms with Gasteiger partial charge >= 0.3 is 0 Å². The Morgan fingerprint density at radius 2 is 2.07 bits per heavy atom. The van der Waals surface area contributed by atoms with Crippen LogP contribution >= 0.6 is 11.8 Å². The second-order valence-electron chi connectivity index (χ2n) is 4.34. The van der Waals surface area contributed by atoms with Crippen molar-refractivity contribution in [3.8, 4) is 0 Å². The lowest BCUT2D eigenvalue weighted by molar-refractivity contribution is 0.383. The zero-order chi connectivity index (χ0) is 10.2. The van der Waals surface area contributed by atoms with Crippen LogP contribution in [0.1, 0.15) is 46.0 Å². The summed E-state index contributed by atoms with van der Waals surface area (Å²) in [5.74, 6) is 3.55. The van der Waals surface area contributed by atoms with Crippen molar-refractivity contribution in [1.82, 2.24) is 5.32 Å². The van der Waals surface area contributed by atoms with Crippen LogP contribution in [0.2, 0.25) is 0 Å². The Kier molecular flexibility index (Phi) is 6.70. The molecule has 2 heteroatoms. The standard InChI is InChI=1S/C12H25NS/c1-3-14-10-6-9-13-11(2)12-7-4-5-8-12/h11-13H,3-10H2,1-2H3/t11-/m1/s1. The molecule has 1 atom stereocenters. The van der Waals surface area contributed by atoms with Crippen LogP contribution in [0, 0.1) is 5.92 Å². The normalized spacial score (nSPS) is 20.1. The Balaban J connectivity index is 1.94. The number of thioether (sulfide) groups is 1. The van der Waals surface area contributed by atoms with Crippen LogP contribution in [0.3, 0.4) is 0 Å². The van der Waals surface area contributed by atoms with E-state index in [1.165, 1.54) is 50.2 Å². The summed E-state index contributed by atoms with van der Waals surface area (Å²) < 4.78 is 0. The first-order valence-corrected chi connectivity index (χ1v) is 7.31. The minimum Gasteiger partial charge on any atom is -0.314 e. The molecule has 0 saturated heterocycles. The van der Waals surface area contributed by atoms with Crippen LogP contribution in [0.5, 0.6) is 0 Å². The topological polar surface area (TPSA) is 12.0 Å². The molecular weight excluding hydrogens is 190 g/mol. The SMILES string of the molecule is CCSCCCN[C@H](C)C1CCCC1. The van der Waals surface area contributed by atoms with E-state index in [0.29, 0.717) is 0 Å². The molecule has 1 N–H and O–H groups in total. The maximum Gasteiger partial charge on any atom is 0.00670 e. The predicted molar refractivity (Wildman–Crippen MR) is 67.0 cm³/mol. The fourth-order valence-corrected chi connectivity index (χ4v) is 2.91. The maximum absolute atomic E-state index is 3.67. The van der Waals surface area contributed by atoms with Gasteiger partial charge in [-0.2, -0.15) is 11.8 Å². The second kappa shape index (κ2) is 7.58. The molecule has 0 amide bonds. The molecule has 14 heavy (non-hydrogen) atoms. The highest BCUT2D eigenvalue weighted by Crippen LogP contribution is 2.27. The maximum atomic E-state index is 3.67. The molecule has 0 aromatic carbocycles. The van der Waals surface area contributed by atoms with E-state index in [4.69, 9.17) is 0 Å². The van der Waals surface area contributed by atoms with Crippen LogP contribution in [0.15, 0.2) is 0 Å². The van der Waals surface area contributed by atoms with Gasteiger partial charge in [0.15, 0.2) is 0 Å². The lowest BCUT2D eigenvalue weighted by Crippen LogP contribution is -2.33. The Morgan fingerprint density at radius 3 is 2.71 bits per heavy atom. The number of rotatable bonds is 7. The first kappa shape index (κ1) is 12.4. The third-order valence-corrected chi connectivity index (χ3v) is 4.23. The molecule has 0 radical (unpaired) electrons. The van der Waals surface area contributed by atoms with E-state index in [9.17, 15) is 0 Å². The summed E-state index contributed by atoms with van der Waals surface area (Å²) in [5.41, 5.74) is 0. The molecule has 0 unspecified atom stereocenters. The molecule has 0 aromatic rings. The molecule has 1 rings (SSSR count). The Labute approximate surface area is 93.4 Å². The third kappa shape index (κ3) is 4.70. The quantitative estimate of drug-likeness (QED) is 0.654. The summed E-state index contributed by atoms with van der Waals surface area (Å²) in [5, 5.41) is 3.67. The average molecular weight is 215 g/mol. The van der Waals surface area contributed by atoms with Gasteiger partial charge in [0.25, 0.3) is 0 Å². The van der Waals surface area contributed by atoms with Crippen molar-refractivity contribution in [2.24, 2.45) is 5.92 Å². The van der Waals surface area contributed by atoms with Gasteiger partial charge in [0, 0.05) is 6.04 Å². The highest BCUT2D eigenvalue weighted by Gasteiger charge is 2.20. The van der Waals surface area contributed by atoms with Gasteiger partial charge in [0.2, 0.25) is 0 Å². The fraction of sp³-hybridized carbons (Fsp3) is 1.00. The summed E-state index contributed by atoms with van der Waals surface area (Å²) in [6.45, 7) is 5.81. The van der Waals surface area contributed by atoms with Gasteiger partial charge in [-0.1, -0.05) is 19.8 Å². The molecule has 0 aliphatic heterocycles. The van der Waals surface area contributed by atoms with Crippen molar-refractivity contribution in [1.29, 1.82) is 0 Å². The smallest absolute Gasteiger partial charge is 0.00670 e. The minimum atomic E-state index is 0.754. The summed E-state index contributed by atoms with van der Waals surface area (Å²) in [7, 11) is 0. The number of nitrogens with one attached hydrogen (secondary N) is 1. The van der Waals surface area contributed by atoms with E-state index in [1.54, 1.807) is 0 Å². The molecule has 0 aromatic heterocycles. The van der Waals surface area contributed by atoms with Crippen LogP contribution in [0.4, 0.5) is 0 Å². The summed E-state index contributed by atoms with van der Waals surface area (Å²) in [4.78, 5) is 0. The monoisotopic (exact) mass is 215 g/mol. The molecule has 0 spiro atoms. The van der Waals surface area contributed by atoms with Crippen molar-refractivity contribution in [2.75, 3.05) is 18.1 Å². The van der Waals surface area contributed by atoms with Crippen molar-refractivity contribution in [3.63, 3.8) is 0 Å². The number of hydrogen-bond acceptors (Lipinski definition) is 2. The van der Waals surface area contributed by atoms with E-state index >= 15 is 0 Å². The minimum absolute atomic E-state index is 0.754. The fourth-order valence-electron chi connectivity index (χ4n) is 2.27. The highest BCUT2D eigenvalue weighted by molar-refractivity contribution is 7.99. The number of hydrogen-bond donors (Lipinski definition) is 1. The van der Waals surface area contributed by atoms with Crippen molar-refractivity contribution >= 4 is 11.8 Å². The molecule has 1 fully saturated rings. The average Bonchev–Trinajstić information content (AvgIpc) is 2.70. The zero-order valence-electron chi connectivity index (χ0n) is 9.72. The first-order valence-electron chi connectivity index (χ1n) is 6.15. The molecule has 84 valence electrons. The van der Waals surface area contributed by atoms with E-state index in [1.807, 2.05) is 0 Å². The van der Waals surface area contributed by atoms with Crippen molar-refractivity contribution < 1.29 is 0 Å². The summed E-state index contributed by atoms with van der Waals surface area (Å²) in [6, 6.07) is 0.754. The predicted octanol–water partition coefficient (Wildman–Crippen LogP) is 3.30. The van der Waals surface area contributed by atoms with Gasteiger partial charge in [-0.15, -0.1) is 0 Å². The van der Waals surface area contributed by atoms with Gasteiger partial charge in [-0.05, 0) is 50.2 Å². The van der Waals surface area contributed by atoms with Gasteiger partial charge < -0.3 is 5.32 Å². The zero-order valence-corrected chi connectivity index (χ0v) is 10.5. The van der Waals surface area contributed by atoms with Gasteiger partial charge in [-0.25, -0.2) is 0 Å². The van der Waals surface area contributed by atoms with Gasteiger partial charge in [0.05, 0.1) is 0 Å². The molecule has 0 bridgehead atoms. The van der Waals surface area contributed by atoms with Crippen LogP contribution in [-0.4, -0.2) is 24.1 Å². The third-order valence-electron chi connectivity index (χ3n) is 3.24. The Hall–Kier alpha value is 0.310. The lowest BCUT2D eigenvalue weighted by atomic mass is 10.00. The second-order valence-corrected chi connectivity index (χ2v) is 5.73.